The lowest BCUT2D eigenvalue weighted by Crippen LogP contribution is -1.94. The van der Waals surface area contributed by atoms with E-state index in [0.717, 1.165) is 0 Å². The first kappa shape index (κ1) is 11.2. The van der Waals surface area contributed by atoms with E-state index in [4.69, 9.17) is 0 Å². The number of rotatable bonds is 6. The van der Waals surface area contributed by atoms with Crippen LogP contribution in [0.1, 0.15) is 6.92 Å². The molecule has 0 N–H and O–H groups in total. The van der Waals surface area contributed by atoms with Crippen molar-refractivity contribution in [1.29, 1.82) is 0 Å². The van der Waals surface area contributed by atoms with Gasteiger partial charge in [0.1, 0.15) is 5.76 Å². The Morgan fingerprint density at radius 2 is 1.85 bits per heavy atom. The van der Waals surface area contributed by atoms with Crippen molar-refractivity contribution < 1.29 is 19.1 Å². The first-order chi connectivity index (χ1) is 6.26. The third kappa shape index (κ3) is 4.58. The molecule has 0 bridgehead atoms. The van der Waals surface area contributed by atoms with E-state index in [1.54, 1.807) is 6.08 Å². The minimum atomic E-state index is 0.169. The van der Waals surface area contributed by atoms with Gasteiger partial charge in [0.05, 0.1) is 0 Å². The van der Waals surface area contributed by atoms with Crippen LogP contribution in [0.4, 0.5) is 0 Å². The molecule has 0 radical (unpaired) electrons. The smallest absolute Gasteiger partial charge is 0.298 e. The number of ether oxygens (including phenoxy) is 2. The molecule has 0 aliphatic carbocycles. The fourth-order valence-electron chi connectivity index (χ4n) is 0.577. The molecule has 4 heteroatoms. The van der Waals surface area contributed by atoms with E-state index in [1.165, 1.54) is 19.1 Å². The molecular weight excluding hydrogens is 172 g/mol. The predicted octanol–water partition coefficient (Wildman–Crippen LogP) is 1.31. The molecule has 0 aromatic rings. The van der Waals surface area contributed by atoms with Gasteiger partial charge in [-0.25, -0.2) is 0 Å². The summed E-state index contributed by atoms with van der Waals surface area (Å²) in [5.41, 5.74) is 0. The second-order valence-corrected chi connectivity index (χ2v) is 1.94. The van der Waals surface area contributed by atoms with Crippen molar-refractivity contribution in [3.05, 3.63) is 36.3 Å². The van der Waals surface area contributed by atoms with E-state index in [2.05, 4.69) is 16.1 Å². The average molecular weight is 182 g/mol. The molecule has 0 rings (SSSR count). The second-order valence-electron chi connectivity index (χ2n) is 1.94. The summed E-state index contributed by atoms with van der Waals surface area (Å²) in [6.45, 7) is 5.44. The van der Waals surface area contributed by atoms with Crippen LogP contribution in [-0.4, -0.2) is 12.9 Å². The number of carbonyl (C=O) groups is 2. The summed E-state index contributed by atoms with van der Waals surface area (Å²) >= 11 is 0. The van der Waals surface area contributed by atoms with Gasteiger partial charge in [-0.15, -0.1) is 0 Å². The number of allylic oxidation sites excluding steroid dienone is 4. The van der Waals surface area contributed by atoms with Crippen molar-refractivity contribution in [3.63, 3.8) is 0 Å². The fraction of sp³-hybridized carbons (Fsp3) is 0.111. The van der Waals surface area contributed by atoms with Gasteiger partial charge in [-0.1, -0.05) is 18.7 Å². The van der Waals surface area contributed by atoms with E-state index in [-0.39, 0.29) is 24.5 Å². The van der Waals surface area contributed by atoms with Crippen LogP contribution < -0.4 is 0 Å². The topological polar surface area (TPSA) is 52.6 Å². The normalized spacial score (nSPS) is 11.8. The molecule has 0 aliphatic heterocycles. The van der Waals surface area contributed by atoms with Crippen LogP contribution in [0.15, 0.2) is 36.3 Å². The van der Waals surface area contributed by atoms with E-state index in [1.807, 2.05) is 0 Å². The zero-order valence-corrected chi connectivity index (χ0v) is 7.23. The Morgan fingerprint density at radius 1 is 1.23 bits per heavy atom. The minimum Gasteiger partial charge on any atom is -0.430 e. The van der Waals surface area contributed by atoms with Crippen LogP contribution in [-0.2, 0) is 19.1 Å². The van der Waals surface area contributed by atoms with E-state index in [9.17, 15) is 9.59 Å². The maximum atomic E-state index is 10.0. The molecule has 0 spiro atoms. The zero-order chi connectivity index (χ0) is 10.1. The Kier molecular flexibility index (Phi) is 5.88. The third-order valence-electron chi connectivity index (χ3n) is 1.13. The fourth-order valence-corrected chi connectivity index (χ4v) is 0.577. The van der Waals surface area contributed by atoms with Gasteiger partial charge in [-0.2, -0.15) is 0 Å². The molecule has 0 aromatic carbocycles. The maximum Gasteiger partial charge on any atom is 0.298 e. The van der Waals surface area contributed by atoms with Gasteiger partial charge in [0.2, 0.25) is 0 Å². The monoisotopic (exact) mass is 182 g/mol. The van der Waals surface area contributed by atoms with Crippen LogP contribution in [0.3, 0.4) is 0 Å². The Hall–Kier alpha value is -1.84. The average Bonchev–Trinajstić information content (AvgIpc) is 2.12. The van der Waals surface area contributed by atoms with Crippen molar-refractivity contribution in [3.8, 4) is 0 Å². The summed E-state index contributed by atoms with van der Waals surface area (Å²) in [4.78, 5) is 20.0. The largest absolute Gasteiger partial charge is 0.430 e. The lowest BCUT2D eigenvalue weighted by molar-refractivity contribution is -0.128. The maximum absolute atomic E-state index is 10.0. The SMILES string of the molecule is C=C/C=C\C(OC=O)=C(/C)OC=O. The molecule has 70 valence electrons. The molecule has 13 heavy (non-hydrogen) atoms. The van der Waals surface area contributed by atoms with Gasteiger partial charge in [-0.3, -0.25) is 9.59 Å². The van der Waals surface area contributed by atoms with Crippen molar-refractivity contribution >= 4 is 12.9 Å². The van der Waals surface area contributed by atoms with Crippen LogP contribution in [0.2, 0.25) is 0 Å². The van der Waals surface area contributed by atoms with Gasteiger partial charge in [0.25, 0.3) is 12.9 Å². The Labute approximate surface area is 76.1 Å². The first-order valence-corrected chi connectivity index (χ1v) is 3.46. The number of hydrogen-bond acceptors (Lipinski definition) is 4. The molecule has 0 heterocycles. The highest BCUT2D eigenvalue weighted by molar-refractivity contribution is 5.44. The summed E-state index contributed by atoms with van der Waals surface area (Å²) in [6, 6.07) is 0. The third-order valence-corrected chi connectivity index (χ3v) is 1.13. The summed E-state index contributed by atoms with van der Waals surface area (Å²) in [7, 11) is 0. The summed E-state index contributed by atoms with van der Waals surface area (Å²) < 4.78 is 9.02. The second kappa shape index (κ2) is 6.84. The van der Waals surface area contributed by atoms with Crippen molar-refractivity contribution in [1.82, 2.24) is 0 Å². The Bertz CT molecular complexity index is 250. The highest BCUT2D eigenvalue weighted by Crippen LogP contribution is 2.07. The highest BCUT2D eigenvalue weighted by Gasteiger charge is 2.00. The van der Waals surface area contributed by atoms with Gasteiger partial charge in [0.15, 0.2) is 5.76 Å². The summed E-state index contributed by atoms with van der Waals surface area (Å²) in [5.74, 6) is 0.377. The molecule has 0 aromatic heterocycles. The van der Waals surface area contributed by atoms with Crippen molar-refractivity contribution in [2.45, 2.75) is 6.92 Å². The predicted molar refractivity (Wildman–Crippen MR) is 46.3 cm³/mol. The number of carbonyl (C=O) groups excluding carboxylic acids is 2. The van der Waals surface area contributed by atoms with Crippen LogP contribution in [0.25, 0.3) is 0 Å². The standard InChI is InChI=1S/C9H10O4/c1-3-4-5-9(13-7-11)8(2)12-6-10/h3-7H,1H2,2H3/b5-4-,9-8-. The zero-order valence-electron chi connectivity index (χ0n) is 7.23. The summed E-state index contributed by atoms with van der Waals surface area (Å²) in [6.07, 6.45) is 4.51. The highest BCUT2D eigenvalue weighted by atomic mass is 16.6. The van der Waals surface area contributed by atoms with Gasteiger partial charge >= 0.3 is 0 Å². The van der Waals surface area contributed by atoms with Gasteiger partial charge < -0.3 is 9.47 Å². The van der Waals surface area contributed by atoms with Crippen LogP contribution in [0.5, 0.6) is 0 Å². The Balaban J connectivity index is 4.62. The van der Waals surface area contributed by atoms with Gasteiger partial charge in [-0.05, 0) is 13.0 Å². The van der Waals surface area contributed by atoms with E-state index in [0.29, 0.717) is 0 Å². The van der Waals surface area contributed by atoms with Crippen LogP contribution in [0, 0.1) is 0 Å². The quantitative estimate of drug-likeness (QED) is 0.353. The first-order valence-electron chi connectivity index (χ1n) is 3.46. The van der Waals surface area contributed by atoms with E-state index < -0.39 is 0 Å². The molecule has 0 aliphatic rings. The number of hydrogen-bond donors (Lipinski definition) is 0. The molecular formula is C9H10O4. The summed E-state index contributed by atoms with van der Waals surface area (Å²) in [5, 5.41) is 0. The molecule has 4 nitrogen and oxygen atoms in total. The molecule has 0 amide bonds. The van der Waals surface area contributed by atoms with Crippen molar-refractivity contribution in [2.75, 3.05) is 0 Å². The molecule has 0 saturated carbocycles. The van der Waals surface area contributed by atoms with Crippen LogP contribution >= 0.6 is 0 Å². The van der Waals surface area contributed by atoms with Crippen molar-refractivity contribution in [2.24, 2.45) is 0 Å². The van der Waals surface area contributed by atoms with E-state index >= 15 is 0 Å². The minimum absolute atomic E-state index is 0.169. The lowest BCUT2D eigenvalue weighted by atomic mass is 10.3. The molecule has 0 unspecified atom stereocenters. The Morgan fingerprint density at radius 3 is 2.31 bits per heavy atom. The lowest BCUT2D eigenvalue weighted by Gasteiger charge is -2.02. The molecule has 0 atom stereocenters. The molecule has 0 fully saturated rings. The van der Waals surface area contributed by atoms with Gasteiger partial charge in [0, 0.05) is 0 Å². The molecule has 0 saturated heterocycles.